The SMILES string of the molecule is CN(C)c1nc2cc(N3CCc4c(c5ccc(F)cc5n4C)C3)ccc2o1. The maximum atomic E-state index is 13.7. The van der Waals surface area contributed by atoms with Gasteiger partial charge in [0.2, 0.25) is 0 Å². The lowest BCUT2D eigenvalue weighted by molar-refractivity contribution is 0.596. The molecule has 0 saturated carbocycles. The summed E-state index contributed by atoms with van der Waals surface area (Å²) in [4.78, 5) is 8.78. The predicted molar refractivity (Wildman–Crippen MR) is 106 cm³/mol. The van der Waals surface area contributed by atoms with Crippen molar-refractivity contribution in [3.05, 3.63) is 53.5 Å². The molecule has 0 radical (unpaired) electrons. The van der Waals surface area contributed by atoms with Crippen LogP contribution in [0.5, 0.6) is 0 Å². The third-order valence-electron chi connectivity index (χ3n) is 5.47. The van der Waals surface area contributed by atoms with Crippen molar-refractivity contribution >= 4 is 33.7 Å². The average molecular weight is 364 g/mol. The van der Waals surface area contributed by atoms with Gasteiger partial charge in [-0.05, 0) is 36.4 Å². The average Bonchev–Trinajstić information content (AvgIpc) is 3.21. The number of halogens is 1. The molecule has 6 heteroatoms. The van der Waals surface area contributed by atoms with E-state index in [-0.39, 0.29) is 5.82 Å². The van der Waals surface area contributed by atoms with E-state index in [4.69, 9.17) is 4.42 Å². The lowest BCUT2D eigenvalue weighted by Gasteiger charge is -2.29. The Hall–Kier alpha value is -3.02. The second-order valence-corrected chi connectivity index (χ2v) is 7.36. The van der Waals surface area contributed by atoms with Crippen molar-refractivity contribution in [2.24, 2.45) is 7.05 Å². The van der Waals surface area contributed by atoms with Crippen LogP contribution in [-0.2, 0) is 20.0 Å². The monoisotopic (exact) mass is 364 g/mol. The van der Waals surface area contributed by atoms with Crippen LogP contribution >= 0.6 is 0 Å². The standard InChI is InChI=1S/C21H21FN4O/c1-24(2)21-23-17-11-14(5-7-20(17)27-21)26-9-8-18-16(12-26)15-6-4-13(22)10-19(15)25(18)3/h4-7,10-11H,8-9,12H2,1-3H3. The van der Waals surface area contributed by atoms with Crippen LogP contribution in [0.15, 0.2) is 40.8 Å². The molecule has 1 aliphatic heterocycles. The summed E-state index contributed by atoms with van der Waals surface area (Å²) in [7, 11) is 5.86. The summed E-state index contributed by atoms with van der Waals surface area (Å²) in [5.74, 6) is -0.189. The zero-order chi connectivity index (χ0) is 18.7. The van der Waals surface area contributed by atoms with E-state index in [2.05, 4.69) is 26.6 Å². The number of oxazole rings is 1. The van der Waals surface area contributed by atoms with Crippen LogP contribution in [0.2, 0.25) is 0 Å². The summed E-state index contributed by atoms with van der Waals surface area (Å²) in [6.07, 6.45) is 0.932. The second kappa shape index (κ2) is 5.74. The third-order valence-corrected chi connectivity index (χ3v) is 5.47. The van der Waals surface area contributed by atoms with Crippen molar-refractivity contribution in [3.8, 4) is 0 Å². The summed E-state index contributed by atoms with van der Waals surface area (Å²) in [5.41, 5.74) is 6.33. The first-order valence-corrected chi connectivity index (χ1v) is 9.10. The Labute approximate surface area is 156 Å². The predicted octanol–water partition coefficient (Wildman–Crippen LogP) is 4.09. The highest BCUT2D eigenvalue weighted by molar-refractivity contribution is 5.87. The minimum Gasteiger partial charge on any atom is -0.423 e. The Kier molecular flexibility index (Phi) is 3.44. The van der Waals surface area contributed by atoms with Crippen molar-refractivity contribution < 1.29 is 8.81 Å². The van der Waals surface area contributed by atoms with Crippen molar-refractivity contribution in [2.45, 2.75) is 13.0 Å². The maximum Gasteiger partial charge on any atom is 0.297 e. The van der Waals surface area contributed by atoms with E-state index in [1.54, 1.807) is 12.1 Å². The molecule has 0 fully saturated rings. The summed E-state index contributed by atoms with van der Waals surface area (Å²) < 4.78 is 21.6. The van der Waals surface area contributed by atoms with E-state index in [1.165, 1.54) is 11.3 Å². The van der Waals surface area contributed by atoms with Crippen LogP contribution in [0.25, 0.3) is 22.0 Å². The molecule has 2 aromatic carbocycles. The molecule has 4 aromatic rings. The molecule has 5 rings (SSSR count). The topological polar surface area (TPSA) is 37.4 Å². The second-order valence-electron chi connectivity index (χ2n) is 7.36. The Balaban J connectivity index is 1.54. The van der Waals surface area contributed by atoms with Gasteiger partial charge in [0, 0.05) is 63.0 Å². The molecule has 3 heterocycles. The molecule has 0 atom stereocenters. The van der Waals surface area contributed by atoms with Gasteiger partial charge < -0.3 is 18.8 Å². The summed E-state index contributed by atoms with van der Waals surface area (Å²) >= 11 is 0. The van der Waals surface area contributed by atoms with E-state index in [1.807, 2.05) is 38.2 Å². The van der Waals surface area contributed by atoms with Gasteiger partial charge in [0.05, 0.1) is 5.52 Å². The largest absolute Gasteiger partial charge is 0.423 e. The van der Waals surface area contributed by atoms with Gasteiger partial charge in [-0.2, -0.15) is 4.98 Å². The van der Waals surface area contributed by atoms with Gasteiger partial charge in [-0.15, -0.1) is 0 Å². The molecule has 2 aromatic heterocycles. The molecule has 5 nitrogen and oxygen atoms in total. The Morgan fingerprint density at radius 3 is 2.81 bits per heavy atom. The summed E-state index contributed by atoms with van der Waals surface area (Å²) in [6.45, 7) is 1.73. The van der Waals surface area contributed by atoms with Gasteiger partial charge in [0.25, 0.3) is 6.01 Å². The minimum absolute atomic E-state index is 0.189. The highest BCUT2D eigenvalue weighted by Gasteiger charge is 2.23. The van der Waals surface area contributed by atoms with Crippen LogP contribution in [-0.4, -0.2) is 30.2 Å². The number of hydrogen-bond donors (Lipinski definition) is 0. The van der Waals surface area contributed by atoms with Gasteiger partial charge in [-0.1, -0.05) is 0 Å². The molecule has 1 aliphatic rings. The van der Waals surface area contributed by atoms with Gasteiger partial charge >= 0.3 is 0 Å². The van der Waals surface area contributed by atoms with Gasteiger partial charge in [-0.3, -0.25) is 0 Å². The molecule has 0 saturated heterocycles. The van der Waals surface area contributed by atoms with E-state index in [0.29, 0.717) is 6.01 Å². The summed E-state index contributed by atoms with van der Waals surface area (Å²) in [6, 6.07) is 11.8. The molecule has 0 aliphatic carbocycles. The number of aromatic nitrogens is 2. The molecule has 0 unspecified atom stereocenters. The molecule has 138 valence electrons. The first-order chi connectivity index (χ1) is 13.0. The third kappa shape index (κ3) is 2.47. The number of anilines is 2. The first kappa shape index (κ1) is 16.2. The van der Waals surface area contributed by atoms with Crippen LogP contribution in [0, 0.1) is 5.82 Å². The fraction of sp³-hybridized carbons (Fsp3) is 0.286. The van der Waals surface area contributed by atoms with Gasteiger partial charge in [0.15, 0.2) is 5.58 Å². The first-order valence-electron chi connectivity index (χ1n) is 9.10. The number of aryl methyl sites for hydroxylation is 1. The van der Waals surface area contributed by atoms with Crippen molar-refractivity contribution in [3.63, 3.8) is 0 Å². The number of fused-ring (bicyclic) bond motifs is 4. The van der Waals surface area contributed by atoms with E-state index >= 15 is 0 Å². The molecule has 0 bridgehead atoms. The quantitative estimate of drug-likeness (QED) is 0.537. The lowest BCUT2D eigenvalue weighted by Crippen LogP contribution is -2.30. The smallest absolute Gasteiger partial charge is 0.297 e. The molecule has 27 heavy (non-hydrogen) atoms. The number of rotatable bonds is 2. The fourth-order valence-electron chi connectivity index (χ4n) is 4.06. The van der Waals surface area contributed by atoms with Crippen molar-refractivity contribution in [1.82, 2.24) is 9.55 Å². The molecule has 0 amide bonds. The Morgan fingerprint density at radius 2 is 2.00 bits per heavy atom. The van der Waals surface area contributed by atoms with Crippen LogP contribution in [0.4, 0.5) is 16.1 Å². The highest BCUT2D eigenvalue weighted by atomic mass is 19.1. The van der Waals surface area contributed by atoms with E-state index in [9.17, 15) is 4.39 Å². The van der Waals surface area contributed by atoms with Gasteiger partial charge in [0.1, 0.15) is 11.3 Å². The fourth-order valence-corrected chi connectivity index (χ4v) is 4.06. The minimum atomic E-state index is -0.189. The van der Waals surface area contributed by atoms with E-state index < -0.39 is 0 Å². The lowest BCUT2D eigenvalue weighted by atomic mass is 10.0. The normalized spacial score (nSPS) is 14.1. The zero-order valence-electron chi connectivity index (χ0n) is 15.7. The zero-order valence-corrected chi connectivity index (χ0v) is 15.7. The van der Waals surface area contributed by atoms with Gasteiger partial charge in [-0.25, -0.2) is 4.39 Å². The number of benzene rings is 2. The molecule has 0 N–H and O–H groups in total. The maximum absolute atomic E-state index is 13.7. The molecular formula is C21H21FN4O. The highest BCUT2D eigenvalue weighted by Crippen LogP contribution is 2.34. The Bertz CT molecular complexity index is 1170. The van der Waals surface area contributed by atoms with Crippen LogP contribution < -0.4 is 9.80 Å². The van der Waals surface area contributed by atoms with Crippen LogP contribution in [0.3, 0.4) is 0 Å². The van der Waals surface area contributed by atoms with Crippen LogP contribution in [0.1, 0.15) is 11.3 Å². The number of nitrogens with zero attached hydrogens (tertiary/aromatic N) is 4. The van der Waals surface area contributed by atoms with E-state index in [0.717, 1.165) is 47.2 Å². The Morgan fingerprint density at radius 1 is 1.15 bits per heavy atom. The summed E-state index contributed by atoms with van der Waals surface area (Å²) in [5, 5.41) is 1.14. The molecular weight excluding hydrogens is 343 g/mol. The van der Waals surface area contributed by atoms with Crippen molar-refractivity contribution in [2.75, 3.05) is 30.4 Å². The number of hydrogen-bond acceptors (Lipinski definition) is 4. The molecule has 0 spiro atoms. The van der Waals surface area contributed by atoms with Crippen molar-refractivity contribution in [1.29, 1.82) is 0 Å².